The first-order valence-corrected chi connectivity index (χ1v) is 8.48. The number of amides is 1. The van der Waals surface area contributed by atoms with E-state index in [4.69, 9.17) is 4.74 Å². The summed E-state index contributed by atoms with van der Waals surface area (Å²) in [5.41, 5.74) is 1.22. The lowest BCUT2D eigenvalue weighted by molar-refractivity contribution is 0.0930. The number of carbonyl (C=O) groups excluding carboxylic acids is 1. The summed E-state index contributed by atoms with van der Waals surface area (Å²) in [7, 11) is 0. The highest BCUT2D eigenvalue weighted by Crippen LogP contribution is 2.36. The molecule has 1 atom stereocenters. The average Bonchev–Trinajstić information content (AvgIpc) is 2.56. The maximum absolute atomic E-state index is 13.5. The number of hydrogen-bond acceptors (Lipinski definition) is 4. The molecule has 1 aromatic heterocycles. The van der Waals surface area contributed by atoms with Crippen molar-refractivity contribution in [2.75, 3.05) is 12.4 Å². The van der Waals surface area contributed by atoms with Gasteiger partial charge in [-0.3, -0.25) is 4.79 Å². The van der Waals surface area contributed by atoms with Gasteiger partial charge >= 0.3 is 0 Å². The van der Waals surface area contributed by atoms with Gasteiger partial charge in [0.25, 0.3) is 5.91 Å². The molecule has 1 aromatic carbocycles. The number of rotatable bonds is 4. The Morgan fingerprint density at radius 3 is 3.17 bits per heavy atom. The lowest BCUT2D eigenvalue weighted by atomic mass is 10.0. The second-order valence-corrected chi connectivity index (χ2v) is 6.27. The minimum absolute atomic E-state index is 0.205. The molecule has 0 bridgehead atoms. The normalized spacial score (nSPS) is 16.5. The van der Waals surface area contributed by atoms with Crippen LogP contribution in [0.2, 0.25) is 0 Å². The van der Waals surface area contributed by atoms with Gasteiger partial charge in [-0.25, -0.2) is 9.37 Å². The van der Waals surface area contributed by atoms with Gasteiger partial charge in [0.2, 0.25) is 5.88 Å². The van der Waals surface area contributed by atoms with Crippen LogP contribution in [0.3, 0.4) is 0 Å². The van der Waals surface area contributed by atoms with Crippen molar-refractivity contribution in [1.29, 1.82) is 0 Å². The number of nitrogens with zero attached hydrogens (tertiary/aromatic N) is 1. The standard InChI is InChI=1S/C17H17FN2O2S/c1-2-22-17-12(4-3-8-19-17)16(21)20-14-7-9-23-15-6-5-11(18)10-13(14)15/h3-6,8,10,14H,2,7,9H2,1H3,(H,20,21). The molecule has 4 nitrogen and oxygen atoms in total. The number of nitrogens with one attached hydrogen (secondary N) is 1. The van der Waals surface area contributed by atoms with Crippen LogP contribution in [0.5, 0.6) is 5.88 Å². The first-order chi connectivity index (χ1) is 11.2. The van der Waals surface area contributed by atoms with Crippen LogP contribution in [-0.4, -0.2) is 23.3 Å². The third-order valence-corrected chi connectivity index (χ3v) is 4.74. The monoisotopic (exact) mass is 332 g/mol. The summed E-state index contributed by atoms with van der Waals surface area (Å²) in [4.78, 5) is 17.7. The zero-order valence-electron chi connectivity index (χ0n) is 12.7. The average molecular weight is 332 g/mol. The number of aromatic nitrogens is 1. The Balaban J connectivity index is 1.83. The Bertz CT molecular complexity index is 723. The Morgan fingerprint density at radius 2 is 2.35 bits per heavy atom. The molecule has 120 valence electrons. The van der Waals surface area contributed by atoms with Crippen molar-refractivity contribution in [3.63, 3.8) is 0 Å². The fourth-order valence-electron chi connectivity index (χ4n) is 2.57. The number of pyridine rings is 1. The highest BCUT2D eigenvalue weighted by molar-refractivity contribution is 7.99. The van der Waals surface area contributed by atoms with Crippen molar-refractivity contribution in [1.82, 2.24) is 10.3 Å². The van der Waals surface area contributed by atoms with E-state index in [1.165, 1.54) is 12.1 Å². The van der Waals surface area contributed by atoms with E-state index in [2.05, 4.69) is 10.3 Å². The molecule has 1 aliphatic rings. The van der Waals surface area contributed by atoms with Crippen molar-refractivity contribution < 1.29 is 13.9 Å². The minimum Gasteiger partial charge on any atom is -0.477 e. The zero-order chi connectivity index (χ0) is 16.2. The predicted molar refractivity (Wildman–Crippen MR) is 87.4 cm³/mol. The molecule has 1 amide bonds. The molecule has 0 spiro atoms. The smallest absolute Gasteiger partial charge is 0.257 e. The first kappa shape index (κ1) is 15.8. The van der Waals surface area contributed by atoms with Crippen LogP contribution in [0.15, 0.2) is 41.4 Å². The van der Waals surface area contributed by atoms with Gasteiger partial charge in [0.15, 0.2) is 0 Å². The Kier molecular flexibility index (Phi) is 4.81. The fourth-order valence-corrected chi connectivity index (χ4v) is 3.67. The zero-order valence-corrected chi connectivity index (χ0v) is 13.5. The van der Waals surface area contributed by atoms with Crippen molar-refractivity contribution in [3.8, 4) is 5.88 Å². The van der Waals surface area contributed by atoms with Crippen molar-refractivity contribution in [3.05, 3.63) is 53.5 Å². The number of halogens is 1. The molecule has 2 heterocycles. The van der Waals surface area contributed by atoms with Crippen LogP contribution in [0.1, 0.15) is 35.3 Å². The second kappa shape index (κ2) is 7.00. The number of benzene rings is 1. The molecule has 23 heavy (non-hydrogen) atoms. The third-order valence-electron chi connectivity index (χ3n) is 3.61. The fraction of sp³-hybridized carbons (Fsp3) is 0.294. The van der Waals surface area contributed by atoms with E-state index in [9.17, 15) is 9.18 Å². The summed E-state index contributed by atoms with van der Waals surface area (Å²) in [5.74, 6) is 0.655. The van der Waals surface area contributed by atoms with Gasteiger partial charge in [0.05, 0.1) is 12.6 Å². The topological polar surface area (TPSA) is 51.2 Å². The van der Waals surface area contributed by atoms with Crippen molar-refractivity contribution in [2.45, 2.75) is 24.3 Å². The van der Waals surface area contributed by atoms with Gasteiger partial charge in [-0.05, 0) is 49.2 Å². The molecular formula is C17H17FN2O2S. The number of thioether (sulfide) groups is 1. The molecule has 1 unspecified atom stereocenters. The van der Waals surface area contributed by atoms with E-state index in [0.29, 0.717) is 18.1 Å². The van der Waals surface area contributed by atoms with Crippen molar-refractivity contribution >= 4 is 17.7 Å². The van der Waals surface area contributed by atoms with Gasteiger partial charge in [0, 0.05) is 16.8 Å². The van der Waals surface area contributed by atoms with Crippen LogP contribution in [-0.2, 0) is 0 Å². The largest absolute Gasteiger partial charge is 0.477 e. The number of fused-ring (bicyclic) bond motifs is 1. The predicted octanol–water partition coefficient (Wildman–Crippen LogP) is 3.59. The van der Waals surface area contributed by atoms with Crippen molar-refractivity contribution in [2.24, 2.45) is 0 Å². The van der Waals surface area contributed by atoms with E-state index in [1.54, 1.807) is 36.2 Å². The first-order valence-electron chi connectivity index (χ1n) is 7.50. The molecular weight excluding hydrogens is 315 g/mol. The number of ether oxygens (including phenoxy) is 1. The highest BCUT2D eigenvalue weighted by atomic mass is 32.2. The summed E-state index contributed by atoms with van der Waals surface area (Å²) < 4.78 is 18.9. The molecule has 0 radical (unpaired) electrons. The summed E-state index contributed by atoms with van der Waals surface area (Å²) in [6.45, 7) is 2.28. The molecule has 3 rings (SSSR count). The summed E-state index contributed by atoms with van der Waals surface area (Å²) in [6.07, 6.45) is 2.35. The quantitative estimate of drug-likeness (QED) is 0.930. The number of hydrogen-bond donors (Lipinski definition) is 1. The molecule has 0 saturated carbocycles. The molecule has 1 N–H and O–H groups in total. The maximum atomic E-state index is 13.5. The van der Waals surface area contributed by atoms with Gasteiger partial charge in [-0.1, -0.05) is 0 Å². The lowest BCUT2D eigenvalue weighted by Crippen LogP contribution is -2.31. The molecule has 1 aliphatic heterocycles. The van der Waals surface area contributed by atoms with Gasteiger partial charge < -0.3 is 10.1 Å². The van der Waals surface area contributed by atoms with Gasteiger partial charge in [-0.2, -0.15) is 0 Å². The molecule has 0 fully saturated rings. The van der Waals surface area contributed by atoms with Gasteiger partial charge in [0.1, 0.15) is 11.4 Å². The van der Waals surface area contributed by atoms with Crippen LogP contribution in [0, 0.1) is 5.82 Å². The second-order valence-electron chi connectivity index (χ2n) is 5.13. The van der Waals surface area contributed by atoms with E-state index >= 15 is 0 Å². The van der Waals surface area contributed by atoms with Crippen LogP contribution in [0.4, 0.5) is 4.39 Å². The third kappa shape index (κ3) is 3.47. The van der Waals surface area contributed by atoms with Crippen LogP contribution in [0.25, 0.3) is 0 Å². The summed E-state index contributed by atoms with van der Waals surface area (Å²) in [5, 5.41) is 2.98. The van der Waals surface area contributed by atoms with E-state index in [0.717, 1.165) is 22.6 Å². The molecule has 6 heteroatoms. The van der Waals surface area contributed by atoms with E-state index < -0.39 is 0 Å². The summed E-state index contributed by atoms with van der Waals surface area (Å²) >= 11 is 1.68. The Morgan fingerprint density at radius 1 is 1.48 bits per heavy atom. The highest BCUT2D eigenvalue weighted by Gasteiger charge is 2.24. The van der Waals surface area contributed by atoms with Crippen LogP contribution < -0.4 is 10.1 Å². The lowest BCUT2D eigenvalue weighted by Gasteiger charge is -2.26. The SMILES string of the molecule is CCOc1ncccc1C(=O)NC1CCSc2ccc(F)cc21. The summed E-state index contributed by atoms with van der Waals surface area (Å²) in [6, 6.07) is 7.88. The Hall–Kier alpha value is -2.08. The van der Waals surface area contributed by atoms with E-state index in [-0.39, 0.29) is 17.8 Å². The molecule has 2 aromatic rings. The minimum atomic E-state index is -0.290. The van der Waals surface area contributed by atoms with Crippen LogP contribution >= 0.6 is 11.8 Å². The molecule has 0 saturated heterocycles. The number of carbonyl (C=O) groups is 1. The van der Waals surface area contributed by atoms with Gasteiger partial charge in [-0.15, -0.1) is 11.8 Å². The van der Waals surface area contributed by atoms with E-state index in [1.807, 2.05) is 6.92 Å². The maximum Gasteiger partial charge on any atom is 0.257 e. The Labute approximate surface area is 138 Å². The molecule has 0 aliphatic carbocycles.